The molecular formula is C14H23NS2. The van der Waals surface area contributed by atoms with Gasteiger partial charge in [0.1, 0.15) is 0 Å². The molecule has 1 aromatic heterocycles. The fourth-order valence-corrected chi connectivity index (χ4v) is 4.67. The molecule has 1 aliphatic carbocycles. The van der Waals surface area contributed by atoms with Gasteiger partial charge in [-0.3, -0.25) is 0 Å². The van der Waals surface area contributed by atoms with E-state index < -0.39 is 0 Å². The van der Waals surface area contributed by atoms with Crippen molar-refractivity contribution in [2.75, 3.05) is 5.75 Å². The monoisotopic (exact) mass is 269 g/mol. The molecule has 0 bridgehead atoms. The molecule has 3 heteroatoms. The second-order valence-electron chi connectivity index (χ2n) is 4.73. The highest BCUT2D eigenvalue weighted by atomic mass is 32.2. The quantitative estimate of drug-likeness (QED) is 0.818. The Morgan fingerprint density at radius 3 is 3.00 bits per heavy atom. The lowest BCUT2D eigenvalue weighted by molar-refractivity contribution is 0.435. The van der Waals surface area contributed by atoms with E-state index in [2.05, 4.69) is 48.4 Å². The van der Waals surface area contributed by atoms with Crippen LogP contribution in [0.2, 0.25) is 0 Å². The standard InChI is InChI=1S/C14H23NS2/c1-3-13(14-6-5-9-17-14)15-11-7-8-12(10-11)16-4-2/h5-6,9,11-13,15H,3-4,7-8,10H2,1-2H3. The SMILES string of the molecule is CCSC1CCC(NC(CC)c2cccs2)C1. The molecule has 0 aromatic carbocycles. The molecule has 0 aliphatic heterocycles. The van der Waals surface area contributed by atoms with Crippen molar-refractivity contribution in [2.45, 2.75) is 56.9 Å². The molecule has 3 atom stereocenters. The molecule has 1 heterocycles. The van der Waals surface area contributed by atoms with Gasteiger partial charge in [-0.1, -0.05) is 19.9 Å². The molecule has 0 amide bonds. The topological polar surface area (TPSA) is 12.0 Å². The fourth-order valence-electron chi connectivity index (χ4n) is 2.65. The van der Waals surface area contributed by atoms with Crippen LogP contribution in [0.5, 0.6) is 0 Å². The summed E-state index contributed by atoms with van der Waals surface area (Å²) in [5, 5.41) is 6.94. The van der Waals surface area contributed by atoms with Gasteiger partial charge in [-0.2, -0.15) is 11.8 Å². The van der Waals surface area contributed by atoms with E-state index in [0.717, 1.165) is 11.3 Å². The predicted molar refractivity (Wildman–Crippen MR) is 80.0 cm³/mol. The molecule has 1 aromatic rings. The van der Waals surface area contributed by atoms with Crippen molar-refractivity contribution in [3.8, 4) is 0 Å². The maximum atomic E-state index is 3.85. The highest BCUT2D eigenvalue weighted by molar-refractivity contribution is 7.99. The summed E-state index contributed by atoms with van der Waals surface area (Å²) in [6, 6.07) is 5.74. The van der Waals surface area contributed by atoms with Gasteiger partial charge in [0.25, 0.3) is 0 Å². The molecule has 3 unspecified atom stereocenters. The second-order valence-corrected chi connectivity index (χ2v) is 7.29. The Balaban J connectivity index is 1.84. The maximum absolute atomic E-state index is 3.85. The van der Waals surface area contributed by atoms with Crippen LogP contribution in [0, 0.1) is 0 Å². The van der Waals surface area contributed by atoms with Gasteiger partial charge in [0.05, 0.1) is 0 Å². The van der Waals surface area contributed by atoms with Crippen molar-refractivity contribution < 1.29 is 0 Å². The lowest BCUT2D eigenvalue weighted by Crippen LogP contribution is -2.30. The molecule has 2 rings (SSSR count). The largest absolute Gasteiger partial charge is 0.306 e. The van der Waals surface area contributed by atoms with E-state index >= 15 is 0 Å². The number of thioether (sulfide) groups is 1. The summed E-state index contributed by atoms with van der Waals surface area (Å²) in [4.78, 5) is 1.50. The van der Waals surface area contributed by atoms with Crippen molar-refractivity contribution in [1.82, 2.24) is 5.32 Å². The predicted octanol–water partition coefficient (Wildman–Crippen LogP) is 4.46. The van der Waals surface area contributed by atoms with Gasteiger partial charge in [0.2, 0.25) is 0 Å². The van der Waals surface area contributed by atoms with Crippen LogP contribution in [0.1, 0.15) is 50.4 Å². The number of rotatable bonds is 6. The first-order valence-corrected chi connectivity index (χ1v) is 8.67. The normalized spacial score (nSPS) is 26.2. The summed E-state index contributed by atoms with van der Waals surface area (Å²) >= 11 is 4.02. The van der Waals surface area contributed by atoms with Crippen molar-refractivity contribution in [3.63, 3.8) is 0 Å². The van der Waals surface area contributed by atoms with Gasteiger partial charge in [-0.15, -0.1) is 11.3 Å². The van der Waals surface area contributed by atoms with E-state index in [4.69, 9.17) is 0 Å². The molecule has 1 fully saturated rings. The van der Waals surface area contributed by atoms with E-state index in [1.807, 2.05) is 11.3 Å². The number of nitrogens with one attached hydrogen (secondary N) is 1. The van der Waals surface area contributed by atoms with Gasteiger partial charge in [0, 0.05) is 22.2 Å². The van der Waals surface area contributed by atoms with Gasteiger partial charge < -0.3 is 5.32 Å². The Bertz CT molecular complexity index is 310. The van der Waals surface area contributed by atoms with Crippen LogP contribution in [-0.4, -0.2) is 17.0 Å². The van der Waals surface area contributed by atoms with Crippen LogP contribution in [0.25, 0.3) is 0 Å². The summed E-state index contributed by atoms with van der Waals surface area (Å²) in [5.74, 6) is 1.26. The number of hydrogen-bond donors (Lipinski definition) is 1. The zero-order chi connectivity index (χ0) is 12.1. The highest BCUT2D eigenvalue weighted by Crippen LogP contribution is 2.32. The van der Waals surface area contributed by atoms with Crippen molar-refractivity contribution in [1.29, 1.82) is 0 Å². The number of thiophene rings is 1. The van der Waals surface area contributed by atoms with Crippen LogP contribution in [0.15, 0.2) is 17.5 Å². The van der Waals surface area contributed by atoms with Crippen LogP contribution in [0.3, 0.4) is 0 Å². The Labute approximate surface area is 113 Å². The first kappa shape index (κ1) is 13.4. The average molecular weight is 269 g/mol. The van der Waals surface area contributed by atoms with Crippen LogP contribution in [-0.2, 0) is 0 Å². The maximum Gasteiger partial charge on any atom is 0.0414 e. The van der Waals surface area contributed by atoms with Crippen molar-refractivity contribution in [2.24, 2.45) is 0 Å². The Morgan fingerprint density at radius 1 is 1.47 bits per heavy atom. The molecule has 1 saturated carbocycles. The van der Waals surface area contributed by atoms with Crippen LogP contribution < -0.4 is 5.32 Å². The van der Waals surface area contributed by atoms with Crippen molar-refractivity contribution in [3.05, 3.63) is 22.4 Å². The van der Waals surface area contributed by atoms with Crippen LogP contribution >= 0.6 is 23.1 Å². The van der Waals surface area contributed by atoms with Crippen LogP contribution in [0.4, 0.5) is 0 Å². The average Bonchev–Trinajstić information content (AvgIpc) is 2.97. The number of hydrogen-bond acceptors (Lipinski definition) is 3. The lowest BCUT2D eigenvalue weighted by Gasteiger charge is -2.21. The second kappa shape index (κ2) is 6.81. The lowest BCUT2D eigenvalue weighted by atomic mass is 10.1. The first-order valence-electron chi connectivity index (χ1n) is 6.74. The molecular weight excluding hydrogens is 246 g/mol. The summed E-state index contributed by atoms with van der Waals surface area (Å²) in [7, 11) is 0. The Hall–Kier alpha value is 0.01000. The molecule has 0 radical (unpaired) electrons. The molecule has 0 spiro atoms. The summed E-state index contributed by atoms with van der Waals surface area (Å²) < 4.78 is 0. The van der Waals surface area contributed by atoms with E-state index in [-0.39, 0.29) is 0 Å². The van der Waals surface area contributed by atoms with E-state index in [1.54, 1.807) is 0 Å². The zero-order valence-electron chi connectivity index (χ0n) is 10.8. The summed E-state index contributed by atoms with van der Waals surface area (Å²) in [6.45, 7) is 4.55. The molecule has 1 aliphatic rings. The van der Waals surface area contributed by atoms with Gasteiger partial charge in [0.15, 0.2) is 0 Å². The third-order valence-electron chi connectivity index (χ3n) is 3.52. The zero-order valence-corrected chi connectivity index (χ0v) is 12.4. The summed E-state index contributed by atoms with van der Waals surface area (Å²) in [5.41, 5.74) is 0. The third-order valence-corrected chi connectivity index (χ3v) is 5.74. The molecule has 96 valence electrons. The van der Waals surface area contributed by atoms with E-state index in [1.165, 1.54) is 36.3 Å². The smallest absolute Gasteiger partial charge is 0.0414 e. The van der Waals surface area contributed by atoms with Gasteiger partial charge >= 0.3 is 0 Å². The highest BCUT2D eigenvalue weighted by Gasteiger charge is 2.26. The minimum absolute atomic E-state index is 0.574. The minimum atomic E-state index is 0.574. The minimum Gasteiger partial charge on any atom is -0.306 e. The molecule has 17 heavy (non-hydrogen) atoms. The molecule has 0 saturated heterocycles. The molecule has 1 nitrogen and oxygen atoms in total. The van der Waals surface area contributed by atoms with E-state index in [0.29, 0.717) is 6.04 Å². The van der Waals surface area contributed by atoms with E-state index in [9.17, 15) is 0 Å². The summed E-state index contributed by atoms with van der Waals surface area (Å²) in [6.07, 6.45) is 5.32. The van der Waals surface area contributed by atoms with Crippen molar-refractivity contribution >= 4 is 23.1 Å². The van der Waals surface area contributed by atoms with Gasteiger partial charge in [-0.05, 0) is 42.9 Å². The molecule has 1 N–H and O–H groups in total. The third kappa shape index (κ3) is 3.73. The Kier molecular flexibility index (Phi) is 5.39. The first-order chi connectivity index (χ1) is 8.33. The fraction of sp³-hybridized carbons (Fsp3) is 0.714. The van der Waals surface area contributed by atoms with Gasteiger partial charge in [-0.25, -0.2) is 0 Å². The Morgan fingerprint density at radius 2 is 2.35 bits per heavy atom.